The number of carbonyl (C=O) groups excluding carboxylic acids is 4. The van der Waals surface area contributed by atoms with Gasteiger partial charge in [0.1, 0.15) is 29.1 Å². The van der Waals surface area contributed by atoms with Crippen molar-refractivity contribution in [1.29, 1.82) is 0 Å². The molecule has 0 atom stereocenters. The Bertz CT molecular complexity index is 1210. The summed E-state index contributed by atoms with van der Waals surface area (Å²) in [7, 11) is 0. The maximum absolute atomic E-state index is 12.7. The number of guanidine groups is 1. The molecule has 12 heteroatoms. The van der Waals surface area contributed by atoms with E-state index in [0.29, 0.717) is 5.69 Å². The molecule has 0 aromatic heterocycles. The monoisotopic (exact) mass is 570 g/mol. The average molecular weight is 571 g/mol. The van der Waals surface area contributed by atoms with Crippen LogP contribution < -0.4 is 20.7 Å². The minimum absolute atomic E-state index is 0.0489. The first kappa shape index (κ1) is 32.6. The highest BCUT2D eigenvalue weighted by molar-refractivity contribution is 6.02. The smallest absolute Gasteiger partial charge is 0.414 e. The molecule has 3 N–H and O–H groups in total. The molecule has 12 nitrogen and oxygen atoms in total. The Balaban J connectivity index is 2.06. The second-order valence-corrected chi connectivity index (χ2v) is 11.4. The summed E-state index contributed by atoms with van der Waals surface area (Å²) in [6.07, 6.45) is -2.45. The quantitative estimate of drug-likeness (QED) is 0.138. The molecule has 0 heterocycles. The van der Waals surface area contributed by atoms with E-state index in [1.165, 1.54) is 38.1 Å². The van der Waals surface area contributed by atoms with Gasteiger partial charge in [0.25, 0.3) is 0 Å². The second-order valence-electron chi connectivity index (χ2n) is 11.4. The topological polar surface area (TPSA) is 154 Å². The molecule has 0 bridgehead atoms. The maximum Gasteiger partial charge on any atom is 0.414 e. The van der Waals surface area contributed by atoms with Gasteiger partial charge in [0.05, 0.1) is 5.69 Å². The Labute approximate surface area is 239 Å². The Kier molecular flexibility index (Phi) is 10.8. The number of amides is 3. The molecule has 0 aliphatic rings. The minimum Gasteiger partial charge on any atom is -0.445 e. The van der Waals surface area contributed by atoms with Gasteiger partial charge in [-0.2, -0.15) is 0 Å². The van der Waals surface area contributed by atoms with Crippen molar-refractivity contribution in [3.8, 4) is 5.75 Å². The van der Waals surface area contributed by atoms with Gasteiger partial charge in [-0.15, -0.1) is 0 Å². The van der Waals surface area contributed by atoms with Crippen LogP contribution in [0.2, 0.25) is 0 Å². The number of hydrogen-bond acceptors (Lipinski definition) is 9. The fourth-order valence-corrected chi connectivity index (χ4v) is 2.91. The number of benzene rings is 2. The summed E-state index contributed by atoms with van der Waals surface area (Å²) in [6, 6.07) is 15.0. The highest BCUT2D eigenvalue weighted by atomic mass is 16.6. The summed E-state index contributed by atoms with van der Waals surface area (Å²) >= 11 is 0. The highest BCUT2D eigenvalue weighted by Gasteiger charge is 2.32. The fourth-order valence-electron chi connectivity index (χ4n) is 2.91. The molecule has 0 radical (unpaired) electrons. The summed E-state index contributed by atoms with van der Waals surface area (Å²) < 4.78 is 21.0. The zero-order valence-electron chi connectivity index (χ0n) is 24.6. The largest absolute Gasteiger partial charge is 0.445 e. The standard InChI is InChI=1S/C29H38N4O8/c1-27(2,3)40-24(35)31-23(32-25(36)41-28(4,5)6)30-20-14-16-21(17-15-20)39-22(34)29(7,8)33-26(37)38-18-19-12-10-9-11-13-19/h9-17H,18H2,1-8H3,(H,33,37)(H2,30,31,32,35,36). The molecule has 0 unspecified atom stereocenters. The molecule has 3 amide bonds. The van der Waals surface area contributed by atoms with Gasteiger partial charge in [-0.25, -0.2) is 24.2 Å². The predicted molar refractivity (Wildman–Crippen MR) is 152 cm³/mol. The second kappa shape index (κ2) is 13.6. The lowest BCUT2D eigenvalue weighted by Crippen LogP contribution is -2.51. The summed E-state index contributed by atoms with van der Waals surface area (Å²) in [5.74, 6) is -0.801. The Morgan fingerprint density at radius 2 is 1.22 bits per heavy atom. The van der Waals surface area contributed by atoms with Crippen molar-refractivity contribution < 1.29 is 38.1 Å². The maximum atomic E-state index is 12.7. The third kappa shape index (κ3) is 12.9. The molecule has 0 aliphatic carbocycles. The van der Waals surface area contributed by atoms with Crippen LogP contribution in [0.5, 0.6) is 5.75 Å². The first-order valence-electron chi connectivity index (χ1n) is 12.8. The lowest BCUT2D eigenvalue weighted by molar-refractivity contribution is -0.140. The third-order valence-corrected chi connectivity index (χ3v) is 4.66. The lowest BCUT2D eigenvalue weighted by atomic mass is 10.1. The number of esters is 1. The third-order valence-electron chi connectivity index (χ3n) is 4.66. The zero-order chi connectivity index (χ0) is 30.8. The van der Waals surface area contributed by atoms with Gasteiger partial charge < -0.3 is 24.3 Å². The molecule has 222 valence electrons. The number of nitrogens with zero attached hydrogens (tertiary/aromatic N) is 1. The van der Waals surface area contributed by atoms with E-state index in [9.17, 15) is 19.2 Å². The average Bonchev–Trinajstić information content (AvgIpc) is 2.81. The van der Waals surface area contributed by atoms with E-state index in [0.717, 1.165) is 5.56 Å². The fraction of sp³-hybridized carbons (Fsp3) is 0.414. The number of ether oxygens (including phenoxy) is 4. The summed E-state index contributed by atoms with van der Waals surface area (Å²) in [5, 5.41) is 7.26. The van der Waals surface area contributed by atoms with Gasteiger partial charge in [-0.3, -0.25) is 10.6 Å². The normalized spacial score (nSPS) is 11.4. The SMILES string of the molecule is CC(C)(C)OC(=O)NC(=Nc1ccc(OC(=O)C(C)(C)NC(=O)OCc2ccccc2)cc1)NC(=O)OC(C)(C)C. The summed E-state index contributed by atoms with van der Waals surface area (Å²) in [5.41, 5.74) is -1.86. The van der Waals surface area contributed by atoms with Crippen LogP contribution in [0.25, 0.3) is 0 Å². The van der Waals surface area contributed by atoms with Crippen molar-refractivity contribution in [2.45, 2.75) is 78.7 Å². The van der Waals surface area contributed by atoms with E-state index >= 15 is 0 Å². The summed E-state index contributed by atoms with van der Waals surface area (Å²) in [6.45, 7) is 13.1. The number of hydrogen-bond donors (Lipinski definition) is 3. The van der Waals surface area contributed by atoms with Gasteiger partial charge >= 0.3 is 24.2 Å². The number of rotatable bonds is 6. The van der Waals surface area contributed by atoms with E-state index in [2.05, 4.69) is 20.9 Å². The first-order valence-corrected chi connectivity index (χ1v) is 12.8. The van der Waals surface area contributed by atoms with Crippen LogP contribution in [-0.4, -0.2) is 46.9 Å². The van der Waals surface area contributed by atoms with Crippen LogP contribution in [0.3, 0.4) is 0 Å². The van der Waals surface area contributed by atoms with Crippen molar-refractivity contribution in [2.75, 3.05) is 0 Å². The number of nitrogens with one attached hydrogen (secondary N) is 3. The van der Waals surface area contributed by atoms with Gasteiger partial charge in [0, 0.05) is 0 Å². The molecule has 0 spiro atoms. The van der Waals surface area contributed by atoms with Crippen molar-refractivity contribution in [2.24, 2.45) is 4.99 Å². The Morgan fingerprint density at radius 3 is 1.71 bits per heavy atom. The Hall–Kier alpha value is -4.61. The number of aliphatic imine (C=N–C) groups is 1. The van der Waals surface area contributed by atoms with Crippen molar-refractivity contribution in [3.63, 3.8) is 0 Å². The van der Waals surface area contributed by atoms with E-state index in [-0.39, 0.29) is 18.3 Å². The molecular formula is C29H38N4O8. The minimum atomic E-state index is -1.40. The zero-order valence-corrected chi connectivity index (χ0v) is 24.6. The molecular weight excluding hydrogens is 532 g/mol. The van der Waals surface area contributed by atoms with E-state index in [1.807, 2.05) is 30.3 Å². The van der Waals surface area contributed by atoms with Gasteiger partial charge in [0.2, 0.25) is 5.96 Å². The highest BCUT2D eigenvalue weighted by Crippen LogP contribution is 2.20. The molecule has 0 fully saturated rings. The number of alkyl carbamates (subject to hydrolysis) is 3. The van der Waals surface area contributed by atoms with Crippen LogP contribution >= 0.6 is 0 Å². The lowest BCUT2D eigenvalue weighted by Gasteiger charge is -2.23. The predicted octanol–water partition coefficient (Wildman–Crippen LogP) is 5.33. The molecule has 0 saturated carbocycles. The molecule has 2 aromatic carbocycles. The van der Waals surface area contributed by atoms with E-state index in [4.69, 9.17) is 18.9 Å². The van der Waals surface area contributed by atoms with Gasteiger partial charge in [0.15, 0.2) is 0 Å². The van der Waals surface area contributed by atoms with Gasteiger partial charge in [-0.1, -0.05) is 30.3 Å². The Morgan fingerprint density at radius 1 is 0.707 bits per heavy atom. The van der Waals surface area contributed by atoms with E-state index in [1.54, 1.807) is 41.5 Å². The van der Waals surface area contributed by atoms with Crippen LogP contribution in [0, 0.1) is 0 Å². The van der Waals surface area contributed by atoms with Crippen LogP contribution in [0.15, 0.2) is 59.6 Å². The summed E-state index contributed by atoms with van der Waals surface area (Å²) in [4.78, 5) is 53.7. The first-order chi connectivity index (χ1) is 18.9. The number of carbonyl (C=O) groups is 4. The van der Waals surface area contributed by atoms with Crippen molar-refractivity contribution in [1.82, 2.24) is 16.0 Å². The van der Waals surface area contributed by atoms with Crippen LogP contribution in [0.1, 0.15) is 61.0 Å². The molecule has 0 aliphatic heterocycles. The van der Waals surface area contributed by atoms with Crippen LogP contribution in [-0.2, 0) is 25.6 Å². The van der Waals surface area contributed by atoms with Crippen molar-refractivity contribution in [3.05, 3.63) is 60.2 Å². The van der Waals surface area contributed by atoms with Crippen LogP contribution in [0.4, 0.5) is 20.1 Å². The molecule has 2 aromatic rings. The molecule has 0 saturated heterocycles. The molecule has 2 rings (SSSR count). The van der Waals surface area contributed by atoms with Crippen molar-refractivity contribution >= 4 is 35.9 Å². The molecule has 41 heavy (non-hydrogen) atoms. The van der Waals surface area contributed by atoms with E-state index < -0.39 is 41.0 Å². The van der Waals surface area contributed by atoms with Gasteiger partial charge in [-0.05, 0) is 85.2 Å².